The summed E-state index contributed by atoms with van der Waals surface area (Å²) in [5, 5.41) is 11.3. The molecule has 29 heavy (non-hydrogen) atoms. The third kappa shape index (κ3) is 4.72. The fourth-order valence-corrected chi connectivity index (χ4v) is 3.58. The molecule has 1 fully saturated rings. The number of carbonyl (C=O) groups excluding carboxylic acids is 2. The van der Waals surface area contributed by atoms with Crippen LogP contribution in [0.4, 0.5) is 13.2 Å². The third-order valence-electron chi connectivity index (χ3n) is 4.76. The van der Waals surface area contributed by atoms with Crippen molar-refractivity contribution in [3.63, 3.8) is 0 Å². The van der Waals surface area contributed by atoms with Crippen LogP contribution in [0.5, 0.6) is 0 Å². The summed E-state index contributed by atoms with van der Waals surface area (Å²) in [6, 6.07) is 6.44. The molecule has 0 unspecified atom stereocenters. The lowest BCUT2D eigenvalue weighted by molar-refractivity contribution is -0.129. The molecule has 2 aromatic rings. The minimum atomic E-state index is -1.19. The maximum absolute atomic E-state index is 14.5. The quantitative estimate of drug-likeness (QED) is 0.578. The molecule has 2 amide bonds. The lowest BCUT2D eigenvalue weighted by Crippen LogP contribution is -2.56. The van der Waals surface area contributed by atoms with Crippen LogP contribution in [-0.4, -0.2) is 48.1 Å². The van der Waals surface area contributed by atoms with Gasteiger partial charge in [-0.25, -0.2) is 13.2 Å². The van der Waals surface area contributed by atoms with Crippen molar-refractivity contribution in [3.8, 4) is 0 Å². The van der Waals surface area contributed by atoms with Gasteiger partial charge in [-0.15, -0.1) is 0 Å². The number of hydrogen-bond donors (Lipinski definition) is 2. The molecule has 0 spiro atoms. The van der Waals surface area contributed by atoms with E-state index in [0.29, 0.717) is 3.57 Å². The number of nitrogens with one attached hydrogen (secondary N) is 1. The first-order chi connectivity index (χ1) is 13.8. The van der Waals surface area contributed by atoms with E-state index in [1.807, 2.05) is 22.6 Å². The molecule has 0 aliphatic carbocycles. The first kappa shape index (κ1) is 21.6. The predicted octanol–water partition coefficient (Wildman–Crippen LogP) is 2.48. The molecule has 9 heteroatoms. The number of aliphatic hydroxyl groups excluding tert-OH is 1. The highest BCUT2D eigenvalue weighted by Gasteiger charge is 2.37. The molecular weight excluding hydrogens is 500 g/mol. The van der Waals surface area contributed by atoms with Crippen molar-refractivity contribution in [2.45, 2.75) is 6.42 Å². The Kier molecular flexibility index (Phi) is 6.78. The zero-order valence-electron chi connectivity index (χ0n) is 15.2. The second kappa shape index (κ2) is 9.12. The molecule has 3 rings (SSSR count). The van der Waals surface area contributed by atoms with E-state index in [2.05, 4.69) is 5.32 Å². The second-order valence-corrected chi connectivity index (χ2v) is 7.97. The lowest BCUT2D eigenvalue weighted by Gasteiger charge is -2.38. The van der Waals surface area contributed by atoms with E-state index in [-0.39, 0.29) is 55.3 Å². The Morgan fingerprint density at radius 3 is 2.52 bits per heavy atom. The van der Waals surface area contributed by atoms with Gasteiger partial charge in [0.2, 0.25) is 5.91 Å². The monoisotopic (exact) mass is 518 g/mol. The molecule has 1 aliphatic rings. The van der Waals surface area contributed by atoms with E-state index in [1.54, 1.807) is 6.07 Å². The largest absolute Gasteiger partial charge is 0.395 e. The fourth-order valence-electron chi connectivity index (χ4n) is 3.13. The number of aliphatic hydroxyl groups is 1. The van der Waals surface area contributed by atoms with Gasteiger partial charge in [-0.1, -0.05) is 6.07 Å². The number of nitrogens with zero attached hydrogens (tertiary/aromatic N) is 1. The molecule has 1 aliphatic heterocycles. The highest BCUT2D eigenvalue weighted by atomic mass is 127. The summed E-state index contributed by atoms with van der Waals surface area (Å²) in [4.78, 5) is 26.0. The van der Waals surface area contributed by atoms with Gasteiger partial charge in [0.15, 0.2) is 11.6 Å². The first-order valence-corrected chi connectivity index (χ1v) is 9.98. The molecule has 1 saturated heterocycles. The number of halogens is 4. The van der Waals surface area contributed by atoms with Gasteiger partial charge in [0.05, 0.1) is 12.5 Å². The number of likely N-dealkylation sites (tertiary alicyclic amines) is 1. The second-order valence-electron chi connectivity index (χ2n) is 6.72. The number of hydrogen-bond acceptors (Lipinski definition) is 3. The summed E-state index contributed by atoms with van der Waals surface area (Å²) in [7, 11) is 0. The molecule has 0 radical (unpaired) electrons. The predicted molar refractivity (Wildman–Crippen MR) is 108 cm³/mol. The highest BCUT2D eigenvalue weighted by molar-refractivity contribution is 14.1. The van der Waals surface area contributed by atoms with E-state index < -0.39 is 29.3 Å². The van der Waals surface area contributed by atoms with Crippen molar-refractivity contribution in [2.24, 2.45) is 5.92 Å². The maximum Gasteiger partial charge on any atom is 0.254 e. The van der Waals surface area contributed by atoms with Crippen LogP contribution in [0.1, 0.15) is 21.5 Å². The van der Waals surface area contributed by atoms with Gasteiger partial charge in [0, 0.05) is 40.8 Å². The van der Waals surface area contributed by atoms with Crippen LogP contribution in [-0.2, 0) is 11.2 Å². The zero-order valence-corrected chi connectivity index (χ0v) is 17.4. The molecule has 5 nitrogen and oxygen atoms in total. The van der Waals surface area contributed by atoms with Gasteiger partial charge < -0.3 is 15.3 Å². The smallest absolute Gasteiger partial charge is 0.254 e. The molecule has 0 bridgehead atoms. The molecule has 154 valence electrons. The number of benzene rings is 2. The van der Waals surface area contributed by atoms with Crippen LogP contribution in [0, 0.1) is 26.9 Å². The highest BCUT2D eigenvalue weighted by Crippen LogP contribution is 2.26. The van der Waals surface area contributed by atoms with E-state index >= 15 is 0 Å². The van der Waals surface area contributed by atoms with Gasteiger partial charge in [-0.3, -0.25) is 9.59 Å². The van der Waals surface area contributed by atoms with Crippen molar-refractivity contribution in [2.75, 3.05) is 26.2 Å². The Morgan fingerprint density at radius 1 is 1.14 bits per heavy atom. The van der Waals surface area contributed by atoms with Gasteiger partial charge in [0.1, 0.15) is 5.82 Å². The summed E-state index contributed by atoms with van der Waals surface area (Å²) in [5.74, 6) is -4.12. The number of amides is 2. The lowest BCUT2D eigenvalue weighted by atomic mass is 9.94. The maximum atomic E-state index is 14.5. The van der Waals surface area contributed by atoms with E-state index in [1.165, 1.54) is 23.1 Å². The summed E-state index contributed by atoms with van der Waals surface area (Å²) in [6.07, 6.45) is -0.276. The standard InChI is InChI=1S/C20H18F3IN2O3/c21-16-4-3-14(20(29)26-9-12(10-26)19(28)25-5-6-27)15(18(16)23)7-11-1-2-13(24)8-17(11)22/h1-4,8,12,27H,5-7,9-10H2,(H,25,28). The zero-order chi connectivity index (χ0) is 21.1. The van der Waals surface area contributed by atoms with Gasteiger partial charge in [-0.2, -0.15) is 0 Å². The summed E-state index contributed by atoms with van der Waals surface area (Å²) < 4.78 is 43.2. The van der Waals surface area contributed by atoms with Crippen LogP contribution < -0.4 is 5.32 Å². The van der Waals surface area contributed by atoms with Crippen LogP contribution >= 0.6 is 22.6 Å². The molecule has 0 saturated carbocycles. The molecule has 2 N–H and O–H groups in total. The minimum absolute atomic E-state index is 0.0592. The van der Waals surface area contributed by atoms with Crippen LogP contribution in [0.15, 0.2) is 30.3 Å². The van der Waals surface area contributed by atoms with Crippen LogP contribution in [0.2, 0.25) is 0 Å². The minimum Gasteiger partial charge on any atom is -0.395 e. The number of rotatable bonds is 6. The van der Waals surface area contributed by atoms with Crippen molar-refractivity contribution in [1.82, 2.24) is 10.2 Å². The summed E-state index contributed by atoms with van der Waals surface area (Å²) in [6.45, 7) is 0.200. The van der Waals surface area contributed by atoms with Gasteiger partial charge >= 0.3 is 0 Å². The van der Waals surface area contributed by atoms with Crippen molar-refractivity contribution in [3.05, 3.63) is 68.0 Å². The Morgan fingerprint density at radius 2 is 1.86 bits per heavy atom. The SMILES string of the molecule is O=C(NCCO)C1CN(C(=O)c2ccc(F)c(F)c2Cc2ccc(I)cc2F)C1. The molecular formula is C20H18F3IN2O3. The van der Waals surface area contributed by atoms with Crippen LogP contribution in [0.3, 0.4) is 0 Å². The Labute approximate surface area is 179 Å². The summed E-state index contributed by atoms with van der Waals surface area (Å²) in [5.41, 5.74) is -0.131. The first-order valence-electron chi connectivity index (χ1n) is 8.90. The number of carbonyl (C=O) groups is 2. The third-order valence-corrected chi connectivity index (χ3v) is 5.43. The van der Waals surface area contributed by atoms with E-state index in [9.17, 15) is 22.8 Å². The molecule has 0 aromatic heterocycles. The van der Waals surface area contributed by atoms with Gasteiger partial charge in [0.25, 0.3) is 5.91 Å². The van der Waals surface area contributed by atoms with E-state index in [4.69, 9.17) is 5.11 Å². The Hall–Kier alpha value is -2.14. The fraction of sp³-hybridized carbons (Fsp3) is 0.300. The average Bonchev–Trinajstić information content (AvgIpc) is 2.64. The Bertz CT molecular complexity index is 949. The topological polar surface area (TPSA) is 69.6 Å². The summed E-state index contributed by atoms with van der Waals surface area (Å²) >= 11 is 1.94. The van der Waals surface area contributed by atoms with Crippen molar-refractivity contribution < 1.29 is 27.9 Å². The van der Waals surface area contributed by atoms with E-state index in [0.717, 1.165) is 6.07 Å². The van der Waals surface area contributed by atoms with Crippen molar-refractivity contribution in [1.29, 1.82) is 0 Å². The molecule has 2 aromatic carbocycles. The average molecular weight is 518 g/mol. The Balaban J connectivity index is 1.80. The van der Waals surface area contributed by atoms with Gasteiger partial charge in [-0.05, 0) is 52.4 Å². The molecule has 0 atom stereocenters. The normalized spacial score (nSPS) is 13.9. The molecule has 1 heterocycles. The van der Waals surface area contributed by atoms with Crippen LogP contribution in [0.25, 0.3) is 0 Å². The van der Waals surface area contributed by atoms with Crippen molar-refractivity contribution >= 4 is 34.4 Å².